The average molecular weight is 295 g/mol. The summed E-state index contributed by atoms with van der Waals surface area (Å²) in [4.78, 5) is 11.7. The van der Waals surface area contributed by atoms with Gasteiger partial charge in [0.1, 0.15) is 11.6 Å². The number of anilines is 2. The minimum Gasteiger partial charge on any atom is -0.495 e. The van der Waals surface area contributed by atoms with Crippen molar-refractivity contribution < 1.29 is 13.9 Å². The molecule has 2 N–H and O–H groups in total. The lowest BCUT2D eigenvalue weighted by Crippen LogP contribution is -2.19. The van der Waals surface area contributed by atoms with Crippen LogP contribution in [0.1, 0.15) is 0 Å². The van der Waals surface area contributed by atoms with Crippen molar-refractivity contribution in [1.29, 1.82) is 0 Å². The third-order valence-corrected chi connectivity index (χ3v) is 2.79. The monoisotopic (exact) mass is 294 g/mol. The van der Waals surface area contributed by atoms with Crippen molar-refractivity contribution in [2.75, 3.05) is 17.7 Å². The van der Waals surface area contributed by atoms with Crippen LogP contribution >= 0.6 is 11.6 Å². The molecular formula is C14H12ClFN2O2. The molecule has 2 rings (SSSR count). The fourth-order valence-electron chi connectivity index (χ4n) is 1.60. The van der Waals surface area contributed by atoms with Gasteiger partial charge in [-0.3, -0.25) is 0 Å². The van der Waals surface area contributed by atoms with Crippen molar-refractivity contribution in [2.45, 2.75) is 0 Å². The van der Waals surface area contributed by atoms with Crippen LogP contribution in [0.15, 0.2) is 42.5 Å². The molecule has 0 saturated heterocycles. The summed E-state index contributed by atoms with van der Waals surface area (Å²) in [6.07, 6.45) is 0. The van der Waals surface area contributed by atoms with Crippen LogP contribution in [0.2, 0.25) is 5.02 Å². The Morgan fingerprint density at radius 2 is 1.85 bits per heavy atom. The molecule has 0 aromatic heterocycles. The first kappa shape index (κ1) is 14.1. The van der Waals surface area contributed by atoms with E-state index in [1.807, 2.05) is 0 Å². The first-order valence-corrected chi connectivity index (χ1v) is 6.13. The Kier molecular flexibility index (Phi) is 4.42. The van der Waals surface area contributed by atoms with E-state index in [1.54, 1.807) is 24.3 Å². The lowest BCUT2D eigenvalue weighted by atomic mass is 10.3. The molecule has 0 saturated carbocycles. The molecule has 0 unspecified atom stereocenters. The number of rotatable bonds is 3. The number of carbonyl (C=O) groups is 1. The lowest BCUT2D eigenvalue weighted by molar-refractivity contribution is 0.262. The predicted octanol–water partition coefficient (Wildman–Crippen LogP) is 4.13. The second-order valence-corrected chi connectivity index (χ2v) is 4.35. The number of halogens is 2. The molecule has 4 nitrogen and oxygen atoms in total. The third kappa shape index (κ3) is 3.61. The summed E-state index contributed by atoms with van der Waals surface area (Å²) in [6.45, 7) is 0. The Morgan fingerprint density at radius 3 is 2.45 bits per heavy atom. The molecule has 0 spiro atoms. The van der Waals surface area contributed by atoms with Gasteiger partial charge >= 0.3 is 6.03 Å². The van der Waals surface area contributed by atoms with Gasteiger partial charge in [0.15, 0.2) is 0 Å². The van der Waals surface area contributed by atoms with E-state index in [9.17, 15) is 9.18 Å². The molecule has 2 aromatic carbocycles. The average Bonchev–Trinajstić information content (AvgIpc) is 2.38. The van der Waals surface area contributed by atoms with Gasteiger partial charge in [-0.1, -0.05) is 17.7 Å². The number of hydrogen-bond donors (Lipinski definition) is 2. The number of ether oxygens (including phenoxy) is 1. The second-order valence-electron chi connectivity index (χ2n) is 3.94. The van der Waals surface area contributed by atoms with Crippen molar-refractivity contribution in [3.63, 3.8) is 0 Å². The summed E-state index contributed by atoms with van der Waals surface area (Å²) in [6, 6.07) is 9.98. The molecular weight excluding hydrogens is 283 g/mol. The van der Waals surface area contributed by atoms with E-state index in [1.165, 1.54) is 25.3 Å². The van der Waals surface area contributed by atoms with Crippen molar-refractivity contribution in [3.8, 4) is 5.75 Å². The van der Waals surface area contributed by atoms with Gasteiger partial charge in [0.2, 0.25) is 0 Å². The van der Waals surface area contributed by atoms with Crippen LogP contribution in [0.5, 0.6) is 5.75 Å². The van der Waals surface area contributed by atoms with Crippen LogP contribution in [0.25, 0.3) is 0 Å². The van der Waals surface area contributed by atoms with Gasteiger partial charge < -0.3 is 15.4 Å². The maximum Gasteiger partial charge on any atom is 0.323 e. The molecule has 0 bridgehead atoms. The quantitative estimate of drug-likeness (QED) is 0.894. The topological polar surface area (TPSA) is 50.4 Å². The molecule has 104 valence electrons. The summed E-state index contributed by atoms with van der Waals surface area (Å²) in [5.74, 6) is 0.0954. The highest BCUT2D eigenvalue weighted by Crippen LogP contribution is 2.27. The summed E-state index contributed by atoms with van der Waals surface area (Å²) < 4.78 is 18.0. The molecule has 0 aliphatic heterocycles. The van der Waals surface area contributed by atoms with E-state index in [4.69, 9.17) is 16.3 Å². The van der Waals surface area contributed by atoms with Gasteiger partial charge in [-0.25, -0.2) is 9.18 Å². The zero-order valence-corrected chi connectivity index (χ0v) is 11.4. The molecule has 6 heteroatoms. The molecule has 0 radical (unpaired) electrons. The highest BCUT2D eigenvalue weighted by atomic mass is 35.5. The fraction of sp³-hybridized carbons (Fsp3) is 0.0714. The van der Waals surface area contributed by atoms with Crippen LogP contribution in [0, 0.1) is 5.82 Å². The summed E-state index contributed by atoms with van der Waals surface area (Å²) in [7, 11) is 1.50. The lowest BCUT2D eigenvalue weighted by Gasteiger charge is -2.09. The zero-order chi connectivity index (χ0) is 14.5. The number of carbonyl (C=O) groups excluding carboxylic acids is 1. The Labute approximate surface area is 120 Å². The highest BCUT2D eigenvalue weighted by molar-refractivity contribution is 6.32. The van der Waals surface area contributed by atoms with E-state index in [0.717, 1.165) is 0 Å². The van der Waals surface area contributed by atoms with Crippen molar-refractivity contribution >= 4 is 29.0 Å². The Morgan fingerprint density at radius 1 is 1.15 bits per heavy atom. The maximum atomic E-state index is 13.0. The first-order chi connectivity index (χ1) is 9.58. The number of nitrogens with one attached hydrogen (secondary N) is 2. The number of hydrogen-bond acceptors (Lipinski definition) is 2. The molecule has 0 atom stereocenters. The van der Waals surface area contributed by atoms with Crippen LogP contribution in [0.4, 0.5) is 20.6 Å². The van der Waals surface area contributed by atoms with Crippen molar-refractivity contribution in [1.82, 2.24) is 0 Å². The summed E-state index contributed by atoms with van der Waals surface area (Å²) in [5.41, 5.74) is 0.867. The standard InChI is InChI=1S/C14H12ClFN2O2/c1-20-13-6-5-11(8-12(13)15)18-14(19)17-10-4-2-3-9(16)7-10/h2-8H,1H3,(H2,17,18,19). The van der Waals surface area contributed by atoms with Crippen LogP contribution in [0.3, 0.4) is 0 Å². The van der Waals surface area contributed by atoms with E-state index in [-0.39, 0.29) is 0 Å². The van der Waals surface area contributed by atoms with Crippen LogP contribution < -0.4 is 15.4 Å². The van der Waals surface area contributed by atoms with Crippen LogP contribution in [-0.2, 0) is 0 Å². The molecule has 0 aliphatic carbocycles. The molecule has 2 amide bonds. The number of amides is 2. The van der Waals surface area contributed by atoms with Gasteiger partial charge in [-0.05, 0) is 36.4 Å². The fourth-order valence-corrected chi connectivity index (χ4v) is 1.86. The highest BCUT2D eigenvalue weighted by Gasteiger charge is 2.06. The Balaban J connectivity index is 2.03. The minimum atomic E-state index is -0.489. The summed E-state index contributed by atoms with van der Waals surface area (Å²) in [5, 5.41) is 5.49. The Bertz CT molecular complexity index is 634. The molecule has 20 heavy (non-hydrogen) atoms. The van der Waals surface area contributed by atoms with E-state index >= 15 is 0 Å². The van der Waals surface area contributed by atoms with Crippen molar-refractivity contribution in [2.24, 2.45) is 0 Å². The summed E-state index contributed by atoms with van der Waals surface area (Å²) >= 11 is 5.95. The minimum absolute atomic E-state index is 0.363. The molecule has 0 aliphatic rings. The van der Waals surface area contributed by atoms with Crippen molar-refractivity contribution in [3.05, 3.63) is 53.3 Å². The molecule has 0 fully saturated rings. The predicted molar refractivity (Wildman–Crippen MR) is 77.0 cm³/mol. The van der Waals surface area contributed by atoms with Gasteiger partial charge in [-0.2, -0.15) is 0 Å². The smallest absolute Gasteiger partial charge is 0.323 e. The van der Waals surface area contributed by atoms with Gasteiger partial charge in [0, 0.05) is 11.4 Å². The Hall–Kier alpha value is -2.27. The second kappa shape index (κ2) is 6.25. The van der Waals surface area contributed by atoms with E-state index in [0.29, 0.717) is 22.1 Å². The maximum absolute atomic E-state index is 13.0. The zero-order valence-electron chi connectivity index (χ0n) is 10.6. The molecule has 0 heterocycles. The number of benzene rings is 2. The number of urea groups is 1. The molecule has 2 aromatic rings. The third-order valence-electron chi connectivity index (χ3n) is 2.49. The van der Waals surface area contributed by atoms with E-state index < -0.39 is 11.8 Å². The normalized spacial score (nSPS) is 9.95. The first-order valence-electron chi connectivity index (χ1n) is 5.75. The van der Waals surface area contributed by atoms with Gasteiger partial charge in [0.05, 0.1) is 12.1 Å². The number of methoxy groups -OCH3 is 1. The van der Waals surface area contributed by atoms with E-state index in [2.05, 4.69) is 10.6 Å². The largest absolute Gasteiger partial charge is 0.495 e. The van der Waals surface area contributed by atoms with Gasteiger partial charge in [-0.15, -0.1) is 0 Å². The van der Waals surface area contributed by atoms with Crippen LogP contribution in [-0.4, -0.2) is 13.1 Å². The van der Waals surface area contributed by atoms with Gasteiger partial charge in [0.25, 0.3) is 0 Å². The SMILES string of the molecule is COc1ccc(NC(=O)Nc2cccc(F)c2)cc1Cl.